The van der Waals surface area contributed by atoms with E-state index in [9.17, 15) is 14.4 Å². The van der Waals surface area contributed by atoms with Crippen molar-refractivity contribution in [3.05, 3.63) is 85.2 Å². The molecule has 0 saturated carbocycles. The van der Waals surface area contributed by atoms with E-state index in [4.69, 9.17) is 28.2 Å². The Morgan fingerprint density at radius 1 is 1.05 bits per heavy atom. The fourth-order valence-corrected chi connectivity index (χ4v) is 5.37. The quantitative estimate of drug-likeness (QED) is 0.514. The van der Waals surface area contributed by atoms with Gasteiger partial charge in [0.25, 0.3) is 17.4 Å². The van der Waals surface area contributed by atoms with Gasteiger partial charge in [-0.05, 0) is 76.1 Å². The Bertz CT molecular complexity index is 1500. The van der Waals surface area contributed by atoms with Gasteiger partial charge < -0.3 is 15.1 Å². The number of carbonyl (C=O) groups is 2. The molecule has 1 aromatic heterocycles. The third kappa shape index (κ3) is 4.46. The summed E-state index contributed by atoms with van der Waals surface area (Å²) in [6.45, 7) is 7.12. The summed E-state index contributed by atoms with van der Waals surface area (Å²) in [5.41, 5.74) is 2.43. The Labute approximate surface area is 231 Å². The molecule has 0 unspecified atom stereocenters. The third-order valence-corrected chi connectivity index (χ3v) is 8.30. The second-order valence-corrected chi connectivity index (χ2v) is 11.2. The van der Waals surface area contributed by atoms with Crippen LogP contribution in [0.4, 0.5) is 5.95 Å². The van der Waals surface area contributed by atoms with Gasteiger partial charge in [0.2, 0.25) is 5.95 Å². The zero-order valence-electron chi connectivity index (χ0n) is 21.7. The van der Waals surface area contributed by atoms with Gasteiger partial charge in [-0.3, -0.25) is 14.4 Å². The van der Waals surface area contributed by atoms with Gasteiger partial charge in [-0.1, -0.05) is 23.2 Å². The van der Waals surface area contributed by atoms with Crippen LogP contribution in [0, 0.1) is 0 Å². The Kier molecular flexibility index (Phi) is 6.73. The maximum absolute atomic E-state index is 14.0. The first-order valence-corrected chi connectivity index (χ1v) is 13.3. The zero-order chi connectivity index (χ0) is 27.4. The van der Waals surface area contributed by atoms with E-state index in [1.165, 1.54) is 0 Å². The highest BCUT2D eigenvalue weighted by atomic mass is 35.5. The van der Waals surface area contributed by atoms with Gasteiger partial charge in [-0.2, -0.15) is 0 Å². The van der Waals surface area contributed by atoms with Crippen molar-refractivity contribution in [2.75, 3.05) is 18.5 Å². The number of hydrogen-bond donors (Lipinski definition) is 1. The molecular formula is C28H29Cl2N5O3. The minimum Gasteiger partial charge on any atom is -0.355 e. The Morgan fingerprint density at radius 3 is 2.32 bits per heavy atom. The third-order valence-electron chi connectivity index (χ3n) is 7.56. The molecule has 1 fully saturated rings. The summed E-state index contributed by atoms with van der Waals surface area (Å²) in [6, 6.07) is 11.5. The summed E-state index contributed by atoms with van der Waals surface area (Å²) >= 11 is 12.2. The van der Waals surface area contributed by atoms with E-state index in [0.29, 0.717) is 50.5 Å². The first-order valence-electron chi connectivity index (χ1n) is 12.5. The molecule has 0 radical (unpaired) electrons. The molecule has 198 valence electrons. The van der Waals surface area contributed by atoms with Crippen LogP contribution in [-0.4, -0.2) is 51.4 Å². The molecule has 0 bridgehead atoms. The lowest BCUT2D eigenvalue weighted by atomic mass is 9.89. The summed E-state index contributed by atoms with van der Waals surface area (Å²) in [5, 5.41) is 3.31. The van der Waals surface area contributed by atoms with Gasteiger partial charge in [-0.15, -0.1) is 0 Å². The highest BCUT2D eigenvalue weighted by molar-refractivity contribution is 6.42. The van der Waals surface area contributed by atoms with E-state index in [1.807, 2.05) is 6.92 Å². The number of rotatable bonds is 4. The lowest BCUT2D eigenvalue weighted by Crippen LogP contribution is -2.58. The lowest BCUT2D eigenvalue weighted by Gasteiger charge is -2.50. The Balaban J connectivity index is 1.59. The molecule has 8 nitrogen and oxygen atoms in total. The molecule has 38 heavy (non-hydrogen) atoms. The number of amides is 2. The number of anilines is 1. The lowest BCUT2D eigenvalue weighted by molar-refractivity contribution is 0.0652. The van der Waals surface area contributed by atoms with Crippen LogP contribution in [0.3, 0.4) is 0 Å². The van der Waals surface area contributed by atoms with Gasteiger partial charge in [0, 0.05) is 41.9 Å². The topological polar surface area (TPSA) is 87.5 Å². The number of nitrogens with one attached hydrogen (secondary N) is 1. The average Bonchev–Trinajstić information content (AvgIpc) is 2.89. The SMILES string of the molecule is CNC(=O)c1ccc(-n2c(N3CCC3(C)C)nc3c(c2=O)C[C@@H](C)N(C(=O)c2ccc(Cl)c(Cl)c2)C3)cc1. The second kappa shape index (κ2) is 9.75. The summed E-state index contributed by atoms with van der Waals surface area (Å²) < 4.78 is 1.64. The molecular weight excluding hydrogens is 525 g/mol. The summed E-state index contributed by atoms with van der Waals surface area (Å²) in [6.07, 6.45) is 1.34. The Morgan fingerprint density at radius 2 is 1.74 bits per heavy atom. The molecule has 2 aromatic carbocycles. The highest BCUT2D eigenvalue weighted by Crippen LogP contribution is 2.36. The molecule has 0 aliphatic carbocycles. The predicted octanol–water partition coefficient (Wildman–Crippen LogP) is 4.47. The maximum Gasteiger partial charge on any atom is 0.263 e. The fourth-order valence-electron chi connectivity index (χ4n) is 5.07. The number of hydrogen-bond acceptors (Lipinski definition) is 5. The van der Waals surface area contributed by atoms with Gasteiger partial charge in [0.1, 0.15) is 0 Å². The number of halogens is 2. The summed E-state index contributed by atoms with van der Waals surface area (Å²) in [5.74, 6) is 0.148. The number of nitrogens with zero attached hydrogens (tertiary/aromatic N) is 4. The van der Waals surface area contributed by atoms with E-state index in [2.05, 4.69) is 24.1 Å². The van der Waals surface area contributed by atoms with Gasteiger partial charge in [0.15, 0.2) is 0 Å². The molecule has 1 N–H and O–H groups in total. The van der Waals surface area contributed by atoms with E-state index < -0.39 is 0 Å². The number of fused-ring (bicyclic) bond motifs is 1. The fraction of sp³-hybridized carbons (Fsp3) is 0.357. The first kappa shape index (κ1) is 26.3. The largest absolute Gasteiger partial charge is 0.355 e. The van der Waals surface area contributed by atoms with Crippen molar-refractivity contribution in [1.29, 1.82) is 0 Å². The molecule has 1 atom stereocenters. The van der Waals surface area contributed by atoms with Crippen molar-refractivity contribution < 1.29 is 9.59 Å². The summed E-state index contributed by atoms with van der Waals surface area (Å²) in [4.78, 5) is 48.3. The van der Waals surface area contributed by atoms with Crippen LogP contribution in [0.15, 0.2) is 47.3 Å². The van der Waals surface area contributed by atoms with Crippen LogP contribution in [0.1, 0.15) is 59.2 Å². The van der Waals surface area contributed by atoms with E-state index in [1.54, 1.807) is 59.0 Å². The molecule has 2 aliphatic rings. The average molecular weight is 554 g/mol. The monoisotopic (exact) mass is 553 g/mol. The molecule has 1 saturated heterocycles. The molecule has 3 heterocycles. The van der Waals surface area contributed by atoms with E-state index >= 15 is 0 Å². The predicted molar refractivity (Wildman–Crippen MR) is 149 cm³/mol. The normalized spacial score (nSPS) is 18.0. The highest BCUT2D eigenvalue weighted by Gasteiger charge is 2.40. The van der Waals surface area contributed by atoms with Crippen molar-refractivity contribution >= 4 is 41.0 Å². The molecule has 0 spiro atoms. The van der Waals surface area contributed by atoms with Crippen LogP contribution in [0.25, 0.3) is 5.69 Å². The van der Waals surface area contributed by atoms with Crippen molar-refractivity contribution in [3.8, 4) is 5.69 Å². The van der Waals surface area contributed by atoms with Crippen molar-refractivity contribution in [1.82, 2.24) is 19.8 Å². The zero-order valence-corrected chi connectivity index (χ0v) is 23.2. The number of benzene rings is 2. The minimum atomic E-state index is -0.227. The molecule has 2 aliphatic heterocycles. The first-order chi connectivity index (χ1) is 18.0. The number of carbonyl (C=O) groups excluding carboxylic acids is 2. The van der Waals surface area contributed by atoms with Crippen molar-refractivity contribution in [2.24, 2.45) is 0 Å². The Hall–Kier alpha value is -3.36. The maximum atomic E-state index is 14.0. The second-order valence-electron chi connectivity index (χ2n) is 10.4. The van der Waals surface area contributed by atoms with Gasteiger partial charge >= 0.3 is 0 Å². The smallest absolute Gasteiger partial charge is 0.263 e. The van der Waals surface area contributed by atoms with Crippen LogP contribution in [-0.2, 0) is 13.0 Å². The van der Waals surface area contributed by atoms with Gasteiger partial charge in [-0.25, -0.2) is 9.55 Å². The molecule has 5 rings (SSSR count). The van der Waals surface area contributed by atoms with E-state index in [0.717, 1.165) is 13.0 Å². The van der Waals surface area contributed by atoms with Crippen molar-refractivity contribution in [3.63, 3.8) is 0 Å². The van der Waals surface area contributed by atoms with Crippen LogP contribution in [0.5, 0.6) is 0 Å². The van der Waals surface area contributed by atoms with Crippen molar-refractivity contribution in [2.45, 2.75) is 51.7 Å². The van der Waals surface area contributed by atoms with Crippen LogP contribution in [0.2, 0.25) is 10.0 Å². The minimum absolute atomic E-state index is 0.158. The summed E-state index contributed by atoms with van der Waals surface area (Å²) in [7, 11) is 1.58. The molecule has 3 aromatic rings. The van der Waals surface area contributed by atoms with Gasteiger partial charge in [0.05, 0.1) is 28.0 Å². The van der Waals surface area contributed by atoms with Crippen LogP contribution < -0.4 is 15.8 Å². The van der Waals surface area contributed by atoms with Crippen LogP contribution >= 0.6 is 23.2 Å². The standard InChI is InChI=1S/C28H29Cl2N5O3/c1-16-13-20-23(15-33(16)25(37)18-7-10-21(29)22(30)14-18)32-27(34-12-11-28(34,2)3)35(26(20)38)19-8-5-17(6-9-19)24(36)31-4/h5-10,14,16H,11-13,15H2,1-4H3,(H,31,36)/t16-/m1/s1. The molecule has 10 heteroatoms. The molecule has 2 amide bonds. The number of aromatic nitrogens is 2. The van der Waals surface area contributed by atoms with E-state index in [-0.39, 0.29) is 35.5 Å².